The van der Waals surface area contributed by atoms with Crippen LogP contribution in [-0.2, 0) is 9.59 Å². The molecule has 1 atom stereocenters. The highest BCUT2D eigenvalue weighted by atomic mass is 16.5. The summed E-state index contributed by atoms with van der Waals surface area (Å²) in [5.41, 5.74) is 0.583. The minimum Gasteiger partial charge on any atom is -0.494 e. The molecule has 1 fully saturated rings. The third kappa shape index (κ3) is 4.55. The van der Waals surface area contributed by atoms with Gasteiger partial charge in [0.05, 0.1) is 6.61 Å². The van der Waals surface area contributed by atoms with Crippen LogP contribution in [0.5, 0.6) is 5.75 Å². The summed E-state index contributed by atoms with van der Waals surface area (Å²) < 4.78 is 5.54. The summed E-state index contributed by atoms with van der Waals surface area (Å²) in [4.78, 5) is 35.9. The van der Waals surface area contributed by atoms with Crippen molar-refractivity contribution in [2.75, 3.05) is 13.2 Å². The summed E-state index contributed by atoms with van der Waals surface area (Å²) in [5.74, 6) is -0.516. The van der Waals surface area contributed by atoms with E-state index in [1.54, 1.807) is 24.3 Å². The van der Waals surface area contributed by atoms with Crippen LogP contribution >= 0.6 is 0 Å². The fourth-order valence-corrected chi connectivity index (χ4v) is 2.68. The molecule has 1 heterocycles. The summed E-state index contributed by atoms with van der Waals surface area (Å²) in [6, 6.07) is 6.22. The van der Waals surface area contributed by atoms with Crippen LogP contribution in [0.2, 0.25) is 0 Å². The zero-order chi connectivity index (χ0) is 16.8. The fourth-order valence-electron chi connectivity index (χ4n) is 2.68. The highest BCUT2D eigenvalue weighted by molar-refractivity contribution is 5.94. The molecule has 1 N–H and O–H groups in total. The van der Waals surface area contributed by atoms with Crippen molar-refractivity contribution >= 4 is 17.7 Å². The van der Waals surface area contributed by atoms with E-state index in [0.717, 1.165) is 6.42 Å². The van der Waals surface area contributed by atoms with E-state index >= 15 is 0 Å². The van der Waals surface area contributed by atoms with Crippen molar-refractivity contribution in [2.45, 2.75) is 38.6 Å². The number of rotatable bonds is 7. The quantitative estimate of drug-likeness (QED) is 0.615. The van der Waals surface area contributed by atoms with Gasteiger partial charge in [-0.1, -0.05) is 12.1 Å². The van der Waals surface area contributed by atoms with Crippen LogP contribution in [0.3, 0.4) is 0 Å². The van der Waals surface area contributed by atoms with Gasteiger partial charge < -0.3 is 14.7 Å². The van der Waals surface area contributed by atoms with Gasteiger partial charge in [-0.15, -0.1) is 0 Å². The van der Waals surface area contributed by atoms with Crippen molar-refractivity contribution in [3.63, 3.8) is 0 Å². The molecule has 0 unspecified atom stereocenters. The van der Waals surface area contributed by atoms with Gasteiger partial charge in [0, 0.05) is 18.5 Å². The number of hydrogen-bond acceptors (Lipinski definition) is 4. The van der Waals surface area contributed by atoms with E-state index in [2.05, 4.69) is 0 Å². The molecule has 1 aliphatic heterocycles. The fraction of sp³-hybridized carbons (Fsp3) is 0.471. The second-order valence-corrected chi connectivity index (χ2v) is 5.62. The Morgan fingerprint density at radius 2 is 2.13 bits per heavy atom. The number of ketones is 1. The number of benzene rings is 1. The van der Waals surface area contributed by atoms with E-state index in [1.165, 1.54) is 11.8 Å². The van der Waals surface area contributed by atoms with Crippen molar-refractivity contribution in [1.82, 2.24) is 4.90 Å². The number of likely N-dealkylation sites (tertiary alicyclic amines) is 1. The maximum atomic E-state index is 12.1. The van der Waals surface area contributed by atoms with Crippen LogP contribution in [0.25, 0.3) is 0 Å². The number of carbonyl (C=O) groups excluding carboxylic acids is 2. The molecule has 1 amide bonds. The predicted molar refractivity (Wildman–Crippen MR) is 83.5 cm³/mol. The minimum atomic E-state index is -0.937. The van der Waals surface area contributed by atoms with E-state index < -0.39 is 12.0 Å². The van der Waals surface area contributed by atoms with Crippen molar-refractivity contribution in [2.24, 2.45) is 0 Å². The number of Topliss-reactive ketones (excluding diaryl/α,β-unsaturated/α-hetero) is 1. The van der Waals surface area contributed by atoms with Crippen molar-refractivity contribution < 1.29 is 24.2 Å². The number of nitrogens with zero attached hydrogens (tertiary/aromatic N) is 1. The standard InChI is InChI=1S/C17H21NO5/c1-12(19)13-5-2-6-14(11-13)23-10-4-8-16(20)18-9-3-7-15(18)17(21)22/h2,5-6,11,15H,3-4,7-10H2,1H3,(H,21,22)/t15-/m1/s1. The molecule has 0 radical (unpaired) electrons. The first kappa shape index (κ1) is 17.0. The predicted octanol–water partition coefficient (Wildman–Crippen LogP) is 2.12. The Kier molecular flexibility index (Phi) is 5.73. The zero-order valence-electron chi connectivity index (χ0n) is 13.2. The number of carboxylic acids is 1. The molecule has 6 heteroatoms. The SMILES string of the molecule is CC(=O)c1cccc(OCCCC(=O)N2CCC[C@@H]2C(=O)O)c1. The summed E-state index contributed by atoms with van der Waals surface area (Å²) in [5, 5.41) is 9.08. The number of hydrogen-bond donors (Lipinski definition) is 1. The number of carbonyl (C=O) groups is 3. The maximum Gasteiger partial charge on any atom is 0.326 e. The Bertz CT molecular complexity index is 598. The topological polar surface area (TPSA) is 83.9 Å². The molecule has 1 aromatic carbocycles. The Hall–Kier alpha value is -2.37. The van der Waals surface area contributed by atoms with Gasteiger partial charge in [0.1, 0.15) is 11.8 Å². The van der Waals surface area contributed by atoms with Crippen LogP contribution in [0.15, 0.2) is 24.3 Å². The van der Waals surface area contributed by atoms with Gasteiger partial charge in [-0.2, -0.15) is 0 Å². The van der Waals surface area contributed by atoms with Crippen molar-refractivity contribution in [3.05, 3.63) is 29.8 Å². The monoisotopic (exact) mass is 319 g/mol. The Morgan fingerprint density at radius 3 is 2.83 bits per heavy atom. The lowest BCUT2D eigenvalue weighted by molar-refractivity contribution is -0.148. The molecule has 23 heavy (non-hydrogen) atoms. The summed E-state index contributed by atoms with van der Waals surface area (Å²) >= 11 is 0. The third-order valence-corrected chi connectivity index (χ3v) is 3.90. The summed E-state index contributed by atoms with van der Waals surface area (Å²) in [6.07, 6.45) is 2.02. The Morgan fingerprint density at radius 1 is 1.35 bits per heavy atom. The van der Waals surface area contributed by atoms with Gasteiger partial charge >= 0.3 is 5.97 Å². The van der Waals surface area contributed by atoms with Crippen molar-refractivity contribution in [3.8, 4) is 5.75 Å². The molecule has 0 spiro atoms. The van der Waals surface area contributed by atoms with E-state index in [-0.39, 0.29) is 18.1 Å². The first-order valence-corrected chi connectivity index (χ1v) is 7.75. The average Bonchev–Trinajstić information content (AvgIpc) is 3.01. The molecule has 6 nitrogen and oxygen atoms in total. The highest BCUT2D eigenvalue weighted by Crippen LogP contribution is 2.19. The second-order valence-electron chi connectivity index (χ2n) is 5.62. The van der Waals surface area contributed by atoms with E-state index in [4.69, 9.17) is 9.84 Å². The lowest BCUT2D eigenvalue weighted by Gasteiger charge is -2.21. The van der Waals surface area contributed by atoms with Gasteiger partial charge in [-0.3, -0.25) is 9.59 Å². The van der Waals surface area contributed by atoms with Gasteiger partial charge in [-0.25, -0.2) is 4.79 Å². The van der Waals surface area contributed by atoms with Crippen LogP contribution in [0.4, 0.5) is 0 Å². The number of amides is 1. The molecule has 1 saturated heterocycles. The molecule has 2 rings (SSSR count). The second kappa shape index (κ2) is 7.76. The first-order chi connectivity index (χ1) is 11.0. The number of aliphatic carboxylic acids is 1. The number of carboxylic acid groups (broad SMARTS) is 1. The van der Waals surface area contributed by atoms with Crippen molar-refractivity contribution in [1.29, 1.82) is 0 Å². The molecular weight excluding hydrogens is 298 g/mol. The van der Waals surface area contributed by atoms with E-state index in [9.17, 15) is 14.4 Å². The average molecular weight is 319 g/mol. The molecule has 0 saturated carbocycles. The molecular formula is C17H21NO5. The minimum absolute atomic E-state index is 0.0284. The van der Waals surface area contributed by atoms with Gasteiger partial charge in [0.25, 0.3) is 0 Å². The Labute approximate surface area is 135 Å². The Balaban J connectivity index is 1.77. The number of ether oxygens (including phenoxy) is 1. The smallest absolute Gasteiger partial charge is 0.326 e. The third-order valence-electron chi connectivity index (χ3n) is 3.90. The van der Waals surface area contributed by atoms with Crippen LogP contribution in [0.1, 0.15) is 43.0 Å². The molecule has 0 aromatic heterocycles. The molecule has 0 bridgehead atoms. The molecule has 0 aliphatic carbocycles. The normalized spacial score (nSPS) is 17.1. The molecule has 1 aliphatic rings. The van der Waals surface area contributed by atoms with Gasteiger partial charge in [-0.05, 0) is 38.3 Å². The van der Waals surface area contributed by atoms with Crippen LogP contribution in [-0.4, -0.2) is 46.9 Å². The van der Waals surface area contributed by atoms with Gasteiger partial charge in [0.15, 0.2) is 5.78 Å². The van der Waals surface area contributed by atoms with Crippen LogP contribution < -0.4 is 4.74 Å². The van der Waals surface area contributed by atoms with Crippen LogP contribution in [0, 0.1) is 0 Å². The first-order valence-electron chi connectivity index (χ1n) is 7.75. The van der Waals surface area contributed by atoms with E-state index in [1.807, 2.05) is 0 Å². The summed E-state index contributed by atoms with van der Waals surface area (Å²) in [7, 11) is 0. The zero-order valence-corrected chi connectivity index (χ0v) is 13.2. The molecule has 1 aromatic rings. The highest BCUT2D eigenvalue weighted by Gasteiger charge is 2.33. The molecule has 124 valence electrons. The van der Waals surface area contributed by atoms with E-state index in [0.29, 0.717) is 37.3 Å². The van der Waals surface area contributed by atoms with Gasteiger partial charge in [0.2, 0.25) is 5.91 Å². The lowest BCUT2D eigenvalue weighted by atomic mass is 10.1. The largest absolute Gasteiger partial charge is 0.494 e. The lowest BCUT2D eigenvalue weighted by Crippen LogP contribution is -2.40. The maximum absolute atomic E-state index is 12.1. The summed E-state index contributed by atoms with van der Waals surface area (Å²) in [6.45, 7) is 2.35.